The van der Waals surface area contributed by atoms with Gasteiger partial charge in [0, 0.05) is 32.9 Å². The highest BCUT2D eigenvalue weighted by Gasteiger charge is 2.46. The molecule has 2 atom stereocenters. The molecule has 278 valence electrons. The van der Waals surface area contributed by atoms with Crippen LogP contribution in [0, 0.1) is 0 Å². The molecule has 12 rings (SSSR count). The van der Waals surface area contributed by atoms with E-state index in [0.29, 0.717) is 22.4 Å². The predicted molar refractivity (Wildman–Crippen MR) is 252 cm³/mol. The summed E-state index contributed by atoms with van der Waals surface area (Å²) in [6, 6.07) is 57.7. The fourth-order valence-electron chi connectivity index (χ4n) is 9.53. The van der Waals surface area contributed by atoms with Gasteiger partial charge in [0.1, 0.15) is 0 Å². The Morgan fingerprint density at radius 3 is 2.00 bits per heavy atom. The molecule has 2 aliphatic carbocycles. The van der Waals surface area contributed by atoms with Crippen LogP contribution in [-0.2, 0) is 5.41 Å². The van der Waals surface area contributed by atoms with Crippen molar-refractivity contribution in [2.24, 2.45) is 0 Å². The van der Waals surface area contributed by atoms with Crippen LogP contribution in [0.2, 0.25) is 0 Å². The van der Waals surface area contributed by atoms with Crippen LogP contribution in [0.4, 0.5) is 11.4 Å². The lowest BCUT2D eigenvalue weighted by atomic mass is 9.67. The predicted octanol–water partition coefficient (Wildman–Crippen LogP) is 15.3. The molecule has 1 aromatic heterocycles. The Labute approximate surface area is 358 Å². The van der Waals surface area contributed by atoms with Crippen LogP contribution >= 0.6 is 11.3 Å². The third-order valence-electron chi connectivity index (χ3n) is 12.1. The van der Waals surface area contributed by atoms with Crippen molar-refractivity contribution in [2.75, 3.05) is 4.90 Å². The normalized spacial score (nSPS) is 18.8. The van der Waals surface area contributed by atoms with E-state index in [9.17, 15) is 9.60 Å². The number of rotatable bonds is 6. The number of allylic oxidation sites excluding steroid dienone is 2. The summed E-state index contributed by atoms with van der Waals surface area (Å²) in [6.45, 7) is 0. The summed E-state index contributed by atoms with van der Waals surface area (Å²) in [7, 11) is 0. The summed E-state index contributed by atoms with van der Waals surface area (Å²) in [6.07, 6.45) is -1.44. The van der Waals surface area contributed by atoms with Gasteiger partial charge in [-0.3, -0.25) is 0 Å². The van der Waals surface area contributed by atoms with Crippen LogP contribution in [0.15, 0.2) is 218 Å². The third-order valence-corrected chi connectivity index (χ3v) is 13.3. The van der Waals surface area contributed by atoms with Gasteiger partial charge in [0.05, 0.1) is 19.7 Å². The number of nitrogens with zero attached hydrogens (tertiary/aromatic N) is 1. The van der Waals surface area contributed by atoms with Gasteiger partial charge in [0.2, 0.25) is 0 Å². The zero-order chi connectivity index (χ0) is 45.0. The molecule has 0 saturated heterocycles. The number of hydrogen-bond acceptors (Lipinski definition) is 2. The molecule has 2 unspecified atom stereocenters. The Bertz CT molecular complexity index is 3670. The molecule has 0 radical (unpaired) electrons. The van der Waals surface area contributed by atoms with Crippen LogP contribution < -0.4 is 4.90 Å². The van der Waals surface area contributed by atoms with Crippen molar-refractivity contribution >= 4 is 70.0 Å². The lowest BCUT2D eigenvalue weighted by Gasteiger charge is -2.36. The first kappa shape index (κ1) is 27.6. The van der Waals surface area contributed by atoms with Crippen molar-refractivity contribution < 1.29 is 9.60 Å². The van der Waals surface area contributed by atoms with Gasteiger partial charge in [0.15, 0.2) is 0 Å². The van der Waals surface area contributed by atoms with E-state index in [1.165, 1.54) is 0 Å². The fourth-order valence-corrected chi connectivity index (χ4v) is 10.6. The molecule has 0 bridgehead atoms. The number of fused-ring (bicyclic) bond motifs is 9. The quantitative estimate of drug-likeness (QED) is 0.152. The number of anilines is 2. The maximum atomic E-state index is 10.6. The topological polar surface area (TPSA) is 3.24 Å². The van der Waals surface area contributed by atoms with E-state index in [2.05, 4.69) is 48.5 Å². The molecule has 1 nitrogen and oxygen atoms in total. The van der Waals surface area contributed by atoms with Crippen LogP contribution in [-0.4, -0.2) is 6.04 Å². The lowest BCUT2D eigenvalue weighted by molar-refractivity contribution is 0.761. The van der Waals surface area contributed by atoms with Crippen LogP contribution in [0.25, 0.3) is 58.4 Å². The summed E-state index contributed by atoms with van der Waals surface area (Å²) >= 11 is 1.65. The molecular weight excluding hydrogens is 731 g/mol. The average Bonchev–Trinajstić information content (AvgIpc) is 3.89. The van der Waals surface area contributed by atoms with Crippen molar-refractivity contribution in [3.63, 3.8) is 0 Å². The van der Waals surface area contributed by atoms with Crippen molar-refractivity contribution in [2.45, 2.75) is 17.9 Å². The molecule has 0 amide bonds. The SMILES string of the molecule is [2H]C1=C([2H])C(N(c2ccc3sc4ccccc4c3c2)c2c([2H])c([2H])c3c(c2[2H])C(c2ccccc2)(c2ccccc2)c2ccccc2-3)C([2H])C([2H])=C1c1cc2ccccc2c2ccccc12. The van der Waals surface area contributed by atoms with Gasteiger partial charge in [-0.05, 0) is 115 Å². The highest BCUT2D eigenvalue weighted by Crippen LogP contribution is 2.57. The number of thiophene rings is 1. The number of hydrogen-bond donors (Lipinski definition) is 0. The minimum atomic E-state index is -1.44. The van der Waals surface area contributed by atoms with E-state index in [1.807, 2.05) is 133 Å². The van der Waals surface area contributed by atoms with Crippen LogP contribution in [0.3, 0.4) is 0 Å². The molecule has 2 heteroatoms. The summed E-state index contributed by atoms with van der Waals surface area (Å²) < 4.78 is 72.7. The third kappa shape index (κ3) is 5.23. The molecule has 0 N–H and O–H groups in total. The Balaban J connectivity index is 1.16. The standard InChI is InChI=1S/C57H39NS/c1-3-16-40(17-4-1)57(41-18-5-2-6-19-41)53-25-13-11-23-48(53)49-33-31-44(37-54(49)57)58(43-32-34-56-52(36-43)50-24-12-14-26-55(50)59-56)42-29-27-38(28-30-42)51-35-39-15-7-8-20-45(39)46-21-9-10-22-47(46)51/h1-29,31-37,42H,30H2/i27D,28D,29D,30D,31D,33D,37D. The second-order valence-electron chi connectivity index (χ2n) is 15.2. The monoisotopic (exact) mass is 776 g/mol. The van der Waals surface area contributed by atoms with E-state index in [0.717, 1.165) is 64.0 Å². The van der Waals surface area contributed by atoms with Gasteiger partial charge in [-0.25, -0.2) is 0 Å². The largest absolute Gasteiger partial charge is 0.334 e. The highest BCUT2D eigenvalue weighted by atomic mass is 32.1. The van der Waals surface area contributed by atoms with E-state index >= 15 is 0 Å². The van der Waals surface area contributed by atoms with Crippen LogP contribution in [0.5, 0.6) is 0 Å². The molecule has 0 saturated carbocycles. The zero-order valence-corrected chi connectivity index (χ0v) is 32.6. The maximum absolute atomic E-state index is 10.6. The molecule has 0 aliphatic heterocycles. The second-order valence-corrected chi connectivity index (χ2v) is 16.3. The Hall–Kier alpha value is -7.00. The summed E-state index contributed by atoms with van der Waals surface area (Å²) in [5.41, 5.74) is 4.77. The van der Waals surface area contributed by atoms with Crippen molar-refractivity contribution in [3.05, 3.63) is 246 Å². The Morgan fingerprint density at radius 2 is 1.19 bits per heavy atom. The maximum Gasteiger partial charge on any atom is 0.0714 e. The van der Waals surface area contributed by atoms with E-state index in [-0.39, 0.29) is 47.5 Å². The van der Waals surface area contributed by atoms with Gasteiger partial charge in [0.25, 0.3) is 0 Å². The molecule has 1 heterocycles. The molecule has 59 heavy (non-hydrogen) atoms. The van der Waals surface area contributed by atoms with Gasteiger partial charge in [-0.2, -0.15) is 0 Å². The lowest BCUT2D eigenvalue weighted by Crippen LogP contribution is -2.31. The Morgan fingerprint density at radius 1 is 0.525 bits per heavy atom. The molecule has 10 aromatic rings. The van der Waals surface area contributed by atoms with E-state index in [4.69, 9.17) is 0 Å². The molecule has 0 fully saturated rings. The summed E-state index contributed by atoms with van der Waals surface area (Å²) in [5, 5.41) is 5.68. The minimum absolute atomic E-state index is 0.0152. The average molecular weight is 777 g/mol. The van der Waals surface area contributed by atoms with E-state index < -0.39 is 17.9 Å². The van der Waals surface area contributed by atoms with Crippen molar-refractivity contribution in [3.8, 4) is 11.1 Å². The van der Waals surface area contributed by atoms with Gasteiger partial charge in [-0.1, -0.05) is 176 Å². The first-order chi connectivity index (χ1) is 32.2. The first-order valence-corrected chi connectivity index (χ1v) is 20.8. The van der Waals surface area contributed by atoms with Crippen LogP contribution in [0.1, 0.15) is 43.8 Å². The molecule has 9 aromatic carbocycles. The smallest absolute Gasteiger partial charge is 0.0714 e. The zero-order valence-electron chi connectivity index (χ0n) is 38.8. The Kier molecular flexibility index (Phi) is 6.34. The van der Waals surface area contributed by atoms with Gasteiger partial charge < -0.3 is 4.90 Å². The molecular formula is C57H39NS. The molecule has 2 aliphatic rings. The molecule has 0 spiro atoms. The van der Waals surface area contributed by atoms with Gasteiger partial charge in [-0.15, -0.1) is 11.3 Å². The minimum Gasteiger partial charge on any atom is -0.334 e. The van der Waals surface area contributed by atoms with E-state index in [1.54, 1.807) is 16.2 Å². The number of benzene rings is 9. The summed E-state index contributed by atoms with van der Waals surface area (Å²) in [5.74, 6) is 0. The first-order valence-electron chi connectivity index (χ1n) is 23.5. The van der Waals surface area contributed by atoms with Gasteiger partial charge >= 0.3 is 0 Å². The summed E-state index contributed by atoms with van der Waals surface area (Å²) in [4.78, 5) is 1.68. The second kappa shape index (κ2) is 13.6. The fraction of sp³-hybridized carbons (Fsp3) is 0.0526. The highest BCUT2D eigenvalue weighted by molar-refractivity contribution is 7.25. The van der Waals surface area contributed by atoms with Crippen molar-refractivity contribution in [1.82, 2.24) is 0 Å². The van der Waals surface area contributed by atoms with Crippen molar-refractivity contribution in [1.29, 1.82) is 0 Å².